The molecule has 0 fully saturated rings. The third kappa shape index (κ3) is 3.31. The summed E-state index contributed by atoms with van der Waals surface area (Å²) in [6, 6.07) is 0. The Bertz CT molecular complexity index is 119. The molecule has 4 nitrogen and oxygen atoms in total. The Morgan fingerprint density at radius 3 is 2.40 bits per heavy atom. The normalized spacial score (nSPS) is 10.1. The van der Waals surface area contributed by atoms with Crippen molar-refractivity contribution in [3.63, 3.8) is 0 Å². The van der Waals surface area contributed by atoms with E-state index >= 15 is 0 Å². The SMILES string of the molecule is CC(=O)N(CC(F)F)NN. The fourth-order valence-electron chi connectivity index (χ4n) is 0.410. The number of amides is 1. The van der Waals surface area contributed by atoms with Gasteiger partial charge < -0.3 is 0 Å². The highest BCUT2D eigenvalue weighted by Crippen LogP contribution is 1.94. The van der Waals surface area contributed by atoms with Gasteiger partial charge >= 0.3 is 0 Å². The monoisotopic (exact) mass is 153 g/mol. The molecule has 0 aromatic carbocycles. The number of nitrogens with two attached hydrogens (primary N) is 1. The van der Waals surface area contributed by atoms with E-state index in [0.717, 1.165) is 6.92 Å². The third-order valence-corrected chi connectivity index (χ3v) is 0.857. The first-order chi connectivity index (χ1) is 4.57. The second kappa shape index (κ2) is 4.13. The minimum atomic E-state index is -2.57. The van der Waals surface area contributed by atoms with Gasteiger partial charge in [0.15, 0.2) is 0 Å². The first-order valence-corrected chi connectivity index (χ1v) is 2.60. The Labute approximate surface area is 56.9 Å². The zero-order chi connectivity index (χ0) is 8.15. The van der Waals surface area contributed by atoms with Crippen LogP contribution in [0.15, 0.2) is 0 Å². The van der Waals surface area contributed by atoms with E-state index in [4.69, 9.17) is 5.84 Å². The first-order valence-electron chi connectivity index (χ1n) is 2.60. The van der Waals surface area contributed by atoms with E-state index in [1.54, 1.807) is 0 Å². The number of alkyl halides is 2. The molecule has 0 unspecified atom stereocenters. The van der Waals surface area contributed by atoms with Crippen LogP contribution in [0.1, 0.15) is 6.92 Å². The Balaban J connectivity index is 3.72. The van der Waals surface area contributed by atoms with E-state index < -0.39 is 18.9 Å². The molecule has 0 spiro atoms. The van der Waals surface area contributed by atoms with Crippen molar-refractivity contribution in [2.75, 3.05) is 6.54 Å². The van der Waals surface area contributed by atoms with Gasteiger partial charge in [0.05, 0.1) is 6.54 Å². The Hall–Kier alpha value is -0.750. The van der Waals surface area contributed by atoms with Gasteiger partial charge in [0.25, 0.3) is 6.43 Å². The summed E-state index contributed by atoms with van der Waals surface area (Å²) in [4.78, 5) is 10.4. The number of nitrogens with one attached hydrogen (secondary N) is 1. The van der Waals surface area contributed by atoms with E-state index in [0.29, 0.717) is 5.01 Å². The summed E-state index contributed by atoms with van der Waals surface area (Å²) in [5.74, 6) is 4.20. The second-order valence-electron chi connectivity index (χ2n) is 1.65. The molecule has 0 aromatic heterocycles. The molecule has 0 atom stereocenters. The molecule has 1 amide bonds. The standard InChI is InChI=1S/C4H9F2N3O/c1-3(10)9(8-7)2-4(5)6/h4,8H,2,7H2,1H3. The van der Waals surface area contributed by atoms with Crippen molar-refractivity contribution in [3.8, 4) is 0 Å². The van der Waals surface area contributed by atoms with E-state index in [1.807, 2.05) is 5.53 Å². The van der Waals surface area contributed by atoms with E-state index in [1.165, 1.54) is 0 Å². The fraction of sp³-hybridized carbons (Fsp3) is 0.750. The van der Waals surface area contributed by atoms with Crippen LogP contribution >= 0.6 is 0 Å². The minimum Gasteiger partial charge on any atom is -0.274 e. The maximum absolute atomic E-state index is 11.5. The van der Waals surface area contributed by atoms with Crippen molar-refractivity contribution in [1.29, 1.82) is 0 Å². The quantitative estimate of drug-likeness (QED) is 0.423. The number of hydrogen-bond acceptors (Lipinski definition) is 3. The Morgan fingerprint density at radius 2 is 2.30 bits per heavy atom. The van der Waals surface area contributed by atoms with Gasteiger partial charge in [-0.1, -0.05) is 0 Å². The first kappa shape index (κ1) is 9.25. The van der Waals surface area contributed by atoms with Crippen LogP contribution in [-0.4, -0.2) is 23.9 Å². The molecule has 0 bridgehead atoms. The van der Waals surface area contributed by atoms with Crippen LogP contribution in [0.4, 0.5) is 8.78 Å². The molecule has 0 aromatic rings. The molecular weight excluding hydrogens is 144 g/mol. The van der Waals surface area contributed by atoms with Crippen molar-refractivity contribution in [2.45, 2.75) is 13.3 Å². The molecule has 3 N–H and O–H groups in total. The predicted octanol–water partition coefficient (Wildman–Crippen LogP) is -0.522. The molecule has 0 rings (SSSR count). The van der Waals surface area contributed by atoms with E-state index in [9.17, 15) is 13.6 Å². The summed E-state index contributed by atoms with van der Waals surface area (Å²) < 4.78 is 23.1. The van der Waals surface area contributed by atoms with Gasteiger partial charge in [0.1, 0.15) is 0 Å². The van der Waals surface area contributed by atoms with Crippen molar-refractivity contribution >= 4 is 5.91 Å². The van der Waals surface area contributed by atoms with Crippen LogP contribution < -0.4 is 11.4 Å². The van der Waals surface area contributed by atoms with Crippen molar-refractivity contribution < 1.29 is 13.6 Å². The van der Waals surface area contributed by atoms with Gasteiger partial charge in [0.2, 0.25) is 5.91 Å². The maximum Gasteiger partial charge on any atom is 0.257 e. The van der Waals surface area contributed by atoms with Crippen molar-refractivity contribution in [2.24, 2.45) is 5.84 Å². The zero-order valence-electron chi connectivity index (χ0n) is 5.47. The molecule has 0 aliphatic carbocycles. The van der Waals surface area contributed by atoms with Crippen LogP contribution in [0, 0.1) is 0 Å². The number of rotatable bonds is 3. The summed E-state index contributed by atoms with van der Waals surface area (Å²) in [7, 11) is 0. The topological polar surface area (TPSA) is 58.4 Å². The minimum absolute atomic E-state index is 0.539. The molecule has 0 aliphatic heterocycles. The number of carbonyl (C=O) groups excluding carboxylic acids is 1. The Kier molecular flexibility index (Phi) is 3.82. The highest BCUT2D eigenvalue weighted by molar-refractivity contribution is 5.72. The predicted molar refractivity (Wildman–Crippen MR) is 30.7 cm³/mol. The number of nitrogens with zero attached hydrogens (tertiary/aromatic N) is 1. The van der Waals surface area contributed by atoms with Crippen molar-refractivity contribution in [1.82, 2.24) is 10.5 Å². The molecular formula is C4H9F2N3O. The van der Waals surface area contributed by atoms with Crippen LogP contribution in [0.2, 0.25) is 0 Å². The summed E-state index contributed by atoms with van der Waals surface area (Å²) >= 11 is 0. The molecule has 0 radical (unpaired) electrons. The smallest absolute Gasteiger partial charge is 0.257 e. The van der Waals surface area contributed by atoms with Gasteiger partial charge in [-0.25, -0.2) is 8.78 Å². The van der Waals surface area contributed by atoms with Gasteiger partial charge in [0, 0.05) is 6.92 Å². The number of carbonyl (C=O) groups is 1. The summed E-state index contributed by atoms with van der Waals surface area (Å²) in [5, 5.41) is 0.630. The lowest BCUT2D eigenvalue weighted by atomic mass is 10.6. The van der Waals surface area contributed by atoms with Gasteiger partial charge in [-0.2, -0.15) is 5.53 Å². The van der Waals surface area contributed by atoms with E-state index in [-0.39, 0.29) is 0 Å². The molecule has 0 saturated carbocycles. The van der Waals surface area contributed by atoms with E-state index in [2.05, 4.69) is 0 Å². The number of hydrogen-bond donors (Lipinski definition) is 2. The highest BCUT2D eigenvalue weighted by Gasteiger charge is 2.12. The summed E-state index contributed by atoms with van der Waals surface area (Å²) in [6.07, 6.45) is -2.57. The van der Waals surface area contributed by atoms with Crippen LogP contribution in [0.5, 0.6) is 0 Å². The summed E-state index contributed by atoms with van der Waals surface area (Å²) in [5.41, 5.74) is 1.84. The van der Waals surface area contributed by atoms with Gasteiger partial charge in [-0.15, -0.1) is 0 Å². The van der Waals surface area contributed by atoms with Gasteiger partial charge in [-0.05, 0) is 0 Å². The molecule has 6 heteroatoms. The zero-order valence-corrected chi connectivity index (χ0v) is 5.47. The molecule has 0 heterocycles. The Morgan fingerprint density at radius 1 is 1.80 bits per heavy atom. The lowest BCUT2D eigenvalue weighted by molar-refractivity contribution is -0.134. The van der Waals surface area contributed by atoms with Gasteiger partial charge in [-0.3, -0.25) is 15.6 Å². The number of hydrazine groups is 2. The maximum atomic E-state index is 11.5. The highest BCUT2D eigenvalue weighted by atomic mass is 19.3. The van der Waals surface area contributed by atoms with Crippen LogP contribution in [0.3, 0.4) is 0 Å². The van der Waals surface area contributed by atoms with Crippen LogP contribution in [-0.2, 0) is 4.79 Å². The summed E-state index contributed by atoms with van der Waals surface area (Å²) in [6.45, 7) is 0.452. The molecule has 0 aliphatic rings. The molecule has 0 saturated heterocycles. The molecule has 60 valence electrons. The van der Waals surface area contributed by atoms with Crippen LogP contribution in [0.25, 0.3) is 0 Å². The average Bonchev–Trinajstić information content (AvgIpc) is 1.81. The number of halogens is 2. The lowest BCUT2D eigenvalue weighted by Gasteiger charge is -2.17. The van der Waals surface area contributed by atoms with Crippen molar-refractivity contribution in [3.05, 3.63) is 0 Å². The fourth-order valence-corrected chi connectivity index (χ4v) is 0.410. The largest absolute Gasteiger partial charge is 0.274 e. The lowest BCUT2D eigenvalue weighted by Crippen LogP contribution is -2.48. The third-order valence-electron chi connectivity index (χ3n) is 0.857. The second-order valence-corrected chi connectivity index (χ2v) is 1.65. The average molecular weight is 153 g/mol. The molecule has 10 heavy (non-hydrogen) atoms.